The van der Waals surface area contributed by atoms with Gasteiger partial charge in [0.05, 0.1) is 42.2 Å². The number of fused-ring (bicyclic) bond motifs is 1. The van der Waals surface area contributed by atoms with Crippen LogP contribution in [0.15, 0.2) is 63.5 Å². The Morgan fingerprint density at radius 1 is 1.09 bits per heavy atom. The molecule has 0 fully saturated rings. The van der Waals surface area contributed by atoms with Gasteiger partial charge < -0.3 is 14.2 Å². The summed E-state index contributed by atoms with van der Waals surface area (Å²) in [6.07, 6.45) is 1.85. The summed E-state index contributed by atoms with van der Waals surface area (Å²) in [5.74, 6) is 0.605. The summed E-state index contributed by atoms with van der Waals surface area (Å²) >= 11 is 1.30. The maximum atomic E-state index is 13.7. The van der Waals surface area contributed by atoms with Gasteiger partial charge in [-0.2, -0.15) is 0 Å². The molecule has 7 nitrogen and oxygen atoms in total. The van der Waals surface area contributed by atoms with Gasteiger partial charge in [-0.3, -0.25) is 9.36 Å². The Hall–Kier alpha value is -3.65. The van der Waals surface area contributed by atoms with Crippen LogP contribution in [0.4, 0.5) is 0 Å². The molecule has 0 saturated heterocycles. The van der Waals surface area contributed by atoms with Gasteiger partial charge in [-0.25, -0.2) is 9.79 Å². The molecule has 1 aliphatic heterocycles. The molecule has 0 bridgehead atoms. The number of rotatable bonds is 7. The molecule has 35 heavy (non-hydrogen) atoms. The monoisotopic (exact) mass is 492 g/mol. The van der Waals surface area contributed by atoms with Crippen LogP contribution in [0, 0.1) is 6.92 Å². The van der Waals surface area contributed by atoms with Crippen LogP contribution < -0.4 is 24.4 Å². The van der Waals surface area contributed by atoms with Crippen LogP contribution >= 0.6 is 11.3 Å². The summed E-state index contributed by atoms with van der Waals surface area (Å²) < 4.78 is 18.7. The number of esters is 1. The second-order valence-electron chi connectivity index (χ2n) is 8.06. The first-order valence-corrected chi connectivity index (χ1v) is 12.3. The van der Waals surface area contributed by atoms with Crippen molar-refractivity contribution in [1.29, 1.82) is 0 Å². The van der Waals surface area contributed by atoms with Gasteiger partial charge >= 0.3 is 5.97 Å². The number of ether oxygens (including phenoxy) is 3. The van der Waals surface area contributed by atoms with E-state index in [1.54, 1.807) is 31.6 Å². The first kappa shape index (κ1) is 24.5. The Morgan fingerprint density at radius 3 is 2.49 bits per heavy atom. The van der Waals surface area contributed by atoms with Crippen molar-refractivity contribution in [3.63, 3.8) is 0 Å². The van der Waals surface area contributed by atoms with Gasteiger partial charge in [0.25, 0.3) is 5.56 Å². The van der Waals surface area contributed by atoms with Crippen LogP contribution in [0.3, 0.4) is 0 Å². The Labute approximate surface area is 207 Å². The molecule has 0 saturated carbocycles. The number of aryl methyl sites for hydroxylation is 1. The zero-order chi connectivity index (χ0) is 25.1. The number of allylic oxidation sites excluding steroid dienone is 1. The van der Waals surface area contributed by atoms with Crippen molar-refractivity contribution in [2.24, 2.45) is 4.99 Å². The number of carbonyl (C=O) groups excluding carboxylic acids is 1. The van der Waals surface area contributed by atoms with Gasteiger partial charge in [0.2, 0.25) is 0 Å². The van der Waals surface area contributed by atoms with E-state index in [1.165, 1.54) is 11.3 Å². The normalized spacial score (nSPS) is 15.5. The SMILES string of the molecule is CCOC(=O)C1=C(C)N=c2s/c(=C/c3ccc(C)cc3)c(=O)n2C1c1ccc(OC)c(OCC)c1. The first-order chi connectivity index (χ1) is 16.9. The fraction of sp³-hybridized carbons (Fsp3) is 0.296. The summed E-state index contributed by atoms with van der Waals surface area (Å²) in [7, 11) is 1.57. The number of benzene rings is 2. The zero-order valence-corrected chi connectivity index (χ0v) is 21.3. The highest BCUT2D eigenvalue weighted by Gasteiger charge is 2.33. The lowest BCUT2D eigenvalue weighted by atomic mass is 9.95. The van der Waals surface area contributed by atoms with Crippen LogP contribution in [-0.2, 0) is 9.53 Å². The molecule has 2 heterocycles. The summed E-state index contributed by atoms with van der Waals surface area (Å²) in [6.45, 7) is 8.08. The highest BCUT2D eigenvalue weighted by Crippen LogP contribution is 2.36. The molecule has 0 radical (unpaired) electrons. The lowest BCUT2D eigenvalue weighted by molar-refractivity contribution is -0.139. The van der Waals surface area contributed by atoms with Crippen molar-refractivity contribution < 1.29 is 19.0 Å². The van der Waals surface area contributed by atoms with Crippen molar-refractivity contribution in [2.75, 3.05) is 20.3 Å². The van der Waals surface area contributed by atoms with Crippen molar-refractivity contribution >= 4 is 23.4 Å². The minimum Gasteiger partial charge on any atom is -0.493 e. The third-order valence-corrected chi connectivity index (χ3v) is 6.68. The molecule has 4 rings (SSSR count). The van der Waals surface area contributed by atoms with Crippen molar-refractivity contribution in [3.05, 3.63) is 90.1 Å². The molecule has 2 aromatic carbocycles. The van der Waals surface area contributed by atoms with E-state index in [0.717, 1.165) is 11.1 Å². The molecule has 3 aromatic rings. The third kappa shape index (κ3) is 4.79. The number of methoxy groups -OCH3 is 1. The molecule has 0 amide bonds. The predicted octanol–water partition coefficient (Wildman–Crippen LogP) is 3.51. The van der Waals surface area contributed by atoms with E-state index in [1.807, 2.05) is 56.3 Å². The quantitative estimate of drug-likeness (QED) is 0.472. The fourth-order valence-corrected chi connectivity index (χ4v) is 5.10. The number of nitrogens with zero attached hydrogens (tertiary/aromatic N) is 2. The highest BCUT2D eigenvalue weighted by molar-refractivity contribution is 7.07. The number of carbonyl (C=O) groups is 1. The van der Waals surface area contributed by atoms with Gasteiger partial charge in [-0.15, -0.1) is 0 Å². The summed E-state index contributed by atoms with van der Waals surface area (Å²) in [4.78, 5) is 31.9. The molecule has 8 heteroatoms. The molecule has 0 N–H and O–H groups in total. The average molecular weight is 493 g/mol. The topological polar surface area (TPSA) is 79.1 Å². The van der Waals surface area contributed by atoms with E-state index >= 15 is 0 Å². The summed E-state index contributed by atoms with van der Waals surface area (Å²) in [5, 5.41) is 0. The van der Waals surface area contributed by atoms with E-state index in [-0.39, 0.29) is 12.2 Å². The average Bonchev–Trinajstić information content (AvgIpc) is 3.14. The smallest absolute Gasteiger partial charge is 0.338 e. The second-order valence-corrected chi connectivity index (χ2v) is 9.07. The number of hydrogen-bond donors (Lipinski definition) is 0. The minimum absolute atomic E-state index is 0.215. The predicted molar refractivity (Wildman–Crippen MR) is 136 cm³/mol. The van der Waals surface area contributed by atoms with Crippen LogP contribution in [0.1, 0.15) is 43.5 Å². The van der Waals surface area contributed by atoms with Gasteiger partial charge in [-0.05, 0) is 57.0 Å². The molecule has 0 aliphatic carbocycles. The van der Waals surface area contributed by atoms with Gasteiger partial charge in [0.15, 0.2) is 16.3 Å². The third-order valence-electron chi connectivity index (χ3n) is 5.70. The van der Waals surface area contributed by atoms with Crippen molar-refractivity contribution in [1.82, 2.24) is 4.57 Å². The van der Waals surface area contributed by atoms with E-state index in [2.05, 4.69) is 4.99 Å². The van der Waals surface area contributed by atoms with Gasteiger partial charge in [0, 0.05) is 0 Å². The minimum atomic E-state index is -0.712. The largest absolute Gasteiger partial charge is 0.493 e. The summed E-state index contributed by atoms with van der Waals surface area (Å²) in [6, 6.07) is 12.7. The van der Waals surface area contributed by atoms with E-state index < -0.39 is 12.0 Å². The summed E-state index contributed by atoms with van der Waals surface area (Å²) in [5.41, 5.74) is 3.39. The Bertz CT molecular complexity index is 1460. The Kier molecular flexibility index (Phi) is 7.21. The van der Waals surface area contributed by atoms with Gasteiger partial charge in [-0.1, -0.05) is 47.2 Å². The fourth-order valence-electron chi connectivity index (χ4n) is 4.05. The van der Waals surface area contributed by atoms with Crippen LogP contribution in [0.2, 0.25) is 0 Å². The number of thiazole rings is 1. The Morgan fingerprint density at radius 2 is 1.83 bits per heavy atom. The Balaban J connectivity index is 1.96. The molecular weight excluding hydrogens is 464 g/mol. The maximum Gasteiger partial charge on any atom is 0.338 e. The lowest BCUT2D eigenvalue weighted by Crippen LogP contribution is -2.40. The standard InChI is InChI=1S/C27H28N2O5S/c1-6-33-21-15-19(12-13-20(21)32-5)24-23(26(31)34-7-2)17(4)28-27-29(24)25(30)22(35-27)14-18-10-8-16(3)9-11-18/h8-15,24H,6-7H2,1-5H3/b22-14+. The van der Waals surface area contributed by atoms with E-state index in [4.69, 9.17) is 14.2 Å². The zero-order valence-electron chi connectivity index (χ0n) is 20.5. The van der Waals surface area contributed by atoms with Crippen molar-refractivity contribution in [3.8, 4) is 11.5 Å². The molecule has 1 atom stereocenters. The van der Waals surface area contributed by atoms with E-state index in [9.17, 15) is 9.59 Å². The number of aromatic nitrogens is 1. The first-order valence-electron chi connectivity index (χ1n) is 11.4. The van der Waals surface area contributed by atoms with E-state index in [0.29, 0.717) is 44.3 Å². The lowest BCUT2D eigenvalue weighted by Gasteiger charge is -2.25. The molecular formula is C27H28N2O5S. The molecule has 1 aromatic heterocycles. The molecule has 0 spiro atoms. The van der Waals surface area contributed by atoms with Crippen LogP contribution in [-0.4, -0.2) is 30.9 Å². The van der Waals surface area contributed by atoms with Crippen LogP contribution in [0.5, 0.6) is 11.5 Å². The van der Waals surface area contributed by atoms with Crippen molar-refractivity contribution in [2.45, 2.75) is 33.7 Å². The highest BCUT2D eigenvalue weighted by atomic mass is 32.1. The molecule has 1 unspecified atom stereocenters. The molecule has 182 valence electrons. The maximum absolute atomic E-state index is 13.7. The van der Waals surface area contributed by atoms with Crippen LogP contribution in [0.25, 0.3) is 6.08 Å². The van der Waals surface area contributed by atoms with Gasteiger partial charge in [0.1, 0.15) is 0 Å². The number of hydrogen-bond acceptors (Lipinski definition) is 7. The second kappa shape index (κ2) is 10.3. The molecule has 1 aliphatic rings.